The molecule has 122 valence electrons. The number of ether oxygens (including phenoxy) is 2. The normalized spacial score (nSPS) is 10.5. The van der Waals surface area contributed by atoms with Crippen LogP contribution in [0.25, 0.3) is 11.3 Å². The smallest absolute Gasteiger partial charge is 0.236 e. The predicted octanol–water partition coefficient (Wildman–Crippen LogP) is 4.83. The highest BCUT2D eigenvalue weighted by Gasteiger charge is 2.08. The number of nitrogens with zero attached hydrogens (tertiary/aromatic N) is 2. The van der Waals surface area contributed by atoms with E-state index in [1.165, 1.54) is 7.11 Å². The molecule has 1 aromatic carbocycles. The van der Waals surface area contributed by atoms with E-state index in [1.54, 1.807) is 36.5 Å². The van der Waals surface area contributed by atoms with Gasteiger partial charge in [0.1, 0.15) is 5.75 Å². The van der Waals surface area contributed by atoms with E-state index >= 15 is 0 Å². The van der Waals surface area contributed by atoms with E-state index in [1.807, 2.05) is 12.1 Å². The molecule has 5 nitrogen and oxygen atoms in total. The van der Waals surface area contributed by atoms with Crippen molar-refractivity contribution in [2.24, 2.45) is 0 Å². The van der Waals surface area contributed by atoms with Crippen molar-refractivity contribution in [3.05, 3.63) is 58.7 Å². The maximum absolute atomic E-state index is 5.99. The fourth-order valence-corrected chi connectivity index (χ4v) is 2.36. The molecule has 0 unspecified atom stereocenters. The summed E-state index contributed by atoms with van der Waals surface area (Å²) in [7, 11) is 1.52. The summed E-state index contributed by atoms with van der Waals surface area (Å²) in [6.45, 7) is 0. The zero-order valence-electron chi connectivity index (χ0n) is 12.7. The van der Waals surface area contributed by atoms with Crippen LogP contribution in [0.5, 0.6) is 17.5 Å². The van der Waals surface area contributed by atoms with Gasteiger partial charge < -0.3 is 15.2 Å². The van der Waals surface area contributed by atoms with Crippen LogP contribution in [-0.4, -0.2) is 17.1 Å². The second-order valence-electron chi connectivity index (χ2n) is 4.86. The lowest BCUT2D eigenvalue weighted by atomic mass is 10.2. The van der Waals surface area contributed by atoms with Crippen molar-refractivity contribution in [1.29, 1.82) is 0 Å². The molecule has 2 heterocycles. The summed E-state index contributed by atoms with van der Waals surface area (Å²) in [5.41, 5.74) is 7.76. The van der Waals surface area contributed by atoms with E-state index in [0.29, 0.717) is 38.9 Å². The van der Waals surface area contributed by atoms with E-state index in [0.717, 1.165) is 5.56 Å². The highest BCUT2D eigenvalue weighted by molar-refractivity contribution is 6.42. The van der Waals surface area contributed by atoms with Crippen molar-refractivity contribution >= 4 is 28.9 Å². The minimum atomic E-state index is 0.377. The Kier molecular flexibility index (Phi) is 4.74. The fraction of sp³-hybridized carbons (Fsp3) is 0.0588. The number of benzene rings is 1. The van der Waals surface area contributed by atoms with Gasteiger partial charge in [-0.05, 0) is 24.3 Å². The molecule has 0 spiro atoms. The second kappa shape index (κ2) is 6.95. The molecular weight excluding hydrogens is 349 g/mol. The van der Waals surface area contributed by atoms with Crippen molar-refractivity contribution in [2.45, 2.75) is 0 Å². The maximum Gasteiger partial charge on any atom is 0.236 e. The number of nitrogen functional groups attached to an aromatic ring is 1. The van der Waals surface area contributed by atoms with Crippen LogP contribution in [0, 0.1) is 0 Å². The molecule has 3 aromatic rings. The molecule has 0 saturated carbocycles. The van der Waals surface area contributed by atoms with E-state index in [9.17, 15) is 0 Å². The molecule has 0 bridgehead atoms. The molecule has 0 amide bonds. The van der Waals surface area contributed by atoms with Crippen LogP contribution in [-0.2, 0) is 0 Å². The van der Waals surface area contributed by atoms with Gasteiger partial charge in [-0.1, -0.05) is 29.3 Å². The summed E-state index contributed by atoms with van der Waals surface area (Å²) < 4.78 is 10.8. The lowest BCUT2D eigenvalue weighted by Gasteiger charge is -2.09. The van der Waals surface area contributed by atoms with Crippen molar-refractivity contribution in [3.8, 4) is 28.8 Å². The summed E-state index contributed by atoms with van der Waals surface area (Å²) in [5.74, 6) is 1.34. The van der Waals surface area contributed by atoms with Gasteiger partial charge in [-0.15, -0.1) is 0 Å². The molecule has 24 heavy (non-hydrogen) atoms. The molecule has 2 N–H and O–H groups in total. The first kappa shape index (κ1) is 16.4. The van der Waals surface area contributed by atoms with Gasteiger partial charge in [0, 0.05) is 23.9 Å². The fourth-order valence-electron chi connectivity index (χ4n) is 2.07. The molecule has 0 saturated heterocycles. The third-order valence-electron chi connectivity index (χ3n) is 3.20. The Morgan fingerprint density at radius 2 is 1.88 bits per heavy atom. The Balaban J connectivity index is 1.88. The summed E-state index contributed by atoms with van der Waals surface area (Å²) in [5, 5.41) is 0.878. The molecule has 3 rings (SSSR count). The summed E-state index contributed by atoms with van der Waals surface area (Å²) >= 11 is 11.9. The average Bonchev–Trinajstić information content (AvgIpc) is 2.58. The average molecular weight is 362 g/mol. The number of halogens is 2. The number of pyridine rings is 2. The van der Waals surface area contributed by atoms with Gasteiger partial charge in [0.15, 0.2) is 0 Å². The first-order valence-electron chi connectivity index (χ1n) is 6.96. The second-order valence-corrected chi connectivity index (χ2v) is 5.68. The Bertz CT molecular complexity index is 887. The Hall–Kier alpha value is -2.50. The largest absolute Gasteiger partial charge is 0.480 e. The van der Waals surface area contributed by atoms with Gasteiger partial charge in [0.05, 0.1) is 28.5 Å². The topological polar surface area (TPSA) is 70.3 Å². The van der Waals surface area contributed by atoms with Crippen LogP contribution >= 0.6 is 23.2 Å². The molecule has 2 aromatic heterocycles. The molecule has 0 aliphatic heterocycles. The van der Waals surface area contributed by atoms with E-state index in [2.05, 4.69) is 9.97 Å². The van der Waals surface area contributed by atoms with Gasteiger partial charge in [0.25, 0.3) is 0 Å². The SMILES string of the molecule is COc1ncc(-c2cccc(Oc3ccc(Cl)c(Cl)c3)n2)cc1N. The monoisotopic (exact) mass is 361 g/mol. The first-order chi connectivity index (χ1) is 11.6. The highest BCUT2D eigenvalue weighted by atomic mass is 35.5. The van der Waals surface area contributed by atoms with E-state index in [-0.39, 0.29) is 0 Å². The van der Waals surface area contributed by atoms with Crippen molar-refractivity contribution < 1.29 is 9.47 Å². The first-order valence-corrected chi connectivity index (χ1v) is 7.72. The van der Waals surface area contributed by atoms with Crippen LogP contribution in [0.4, 0.5) is 5.69 Å². The third kappa shape index (κ3) is 3.53. The van der Waals surface area contributed by atoms with Gasteiger partial charge in [-0.2, -0.15) is 0 Å². The molecule has 0 aliphatic rings. The number of rotatable bonds is 4. The molecule has 0 radical (unpaired) electrons. The van der Waals surface area contributed by atoms with Crippen LogP contribution in [0.1, 0.15) is 0 Å². The van der Waals surface area contributed by atoms with Gasteiger partial charge in [-0.3, -0.25) is 0 Å². The highest BCUT2D eigenvalue weighted by Crippen LogP contribution is 2.30. The Labute approximate surface area is 149 Å². The van der Waals surface area contributed by atoms with Gasteiger partial charge >= 0.3 is 0 Å². The Morgan fingerprint density at radius 3 is 2.58 bits per heavy atom. The third-order valence-corrected chi connectivity index (χ3v) is 3.94. The number of hydrogen-bond acceptors (Lipinski definition) is 5. The molecular formula is C17H13Cl2N3O2. The number of nitrogens with two attached hydrogens (primary N) is 1. The maximum atomic E-state index is 5.99. The summed E-state index contributed by atoms with van der Waals surface area (Å²) in [4.78, 5) is 8.60. The predicted molar refractivity (Wildman–Crippen MR) is 95.0 cm³/mol. The van der Waals surface area contributed by atoms with Crippen molar-refractivity contribution in [2.75, 3.05) is 12.8 Å². The zero-order chi connectivity index (χ0) is 17.1. The van der Waals surface area contributed by atoms with E-state index < -0.39 is 0 Å². The number of anilines is 1. The molecule has 7 heteroatoms. The molecule has 0 atom stereocenters. The van der Waals surface area contributed by atoms with Crippen LogP contribution in [0.15, 0.2) is 48.7 Å². The van der Waals surface area contributed by atoms with Crippen LogP contribution in [0.3, 0.4) is 0 Å². The molecule has 0 aliphatic carbocycles. The number of aromatic nitrogens is 2. The zero-order valence-corrected chi connectivity index (χ0v) is 14.2. The number of methoxy groups -OCH3 is 1. The summed E-state index contributed by atoms with van der Waals surface area (Å²) in [6, 6.07) is 12.2. The summed E-state index contributed by atoms with van der Waals surface area (Å²) in [6.07, 6.45) is 1.64. The van der Waals surface area contributed by atoms with Crippen LogP contribution in [0.2, 0.25) is 10.0 Å². The van der Waals surface area contributed by atoms with Crippen molar-refractivity contribution in [3.63, 3.8) is 0 Å². The van der Waals surface area contributed by atoms with Gasteiger partial charge in [-0.25, -0.2) is 9.97 Å². The lowest BCUT2D eigenvalue weighted by molar-refractivity contribution is 0.400. The van der Waals surface area contributed by atoms with E-state index in [4.69, 9.17) is 38.4 Å². The lowest BCUT2D eigenvalue weighted by Crippen LogP contribution is -1.96. The van der Waals surface area contributed by atoms with Crippen molar-refractivity contribution in [1.82, 2.24) is 9.97 Å². The minimum Gasteiger partial charge on any atom is -0.480 e. The van der Waals surface area contributed by atoms with Gasteiger partial charge in [0.2, 0.25) is 11.8 Å². The standard InChI is InChI=1S/C17H13Cl2N3O2/c1-23-17-14(20)7-10(9-21-17)15-3-2-4-16(22-15)24-11-5-6-12(18)13(19)8-11/h2-9H,20H2,1H3. The quantitative estimate of drug-likeness (QED) is 0.720. The number of hydrogen-bond donors (Lipinski definition) is 1. The minimum absolute atomic E-state index is 0.377. The molecule has 0 fully saturated rings. The van der Waals surface area contributed by atoms with Crippen LogP contribution < -0.4 is 15.2 Å². The Morgan fingerprint density at radius 1 is 1.04 bits per heavy atom.